The van der Waals surface area contributed by atoms with Crippen LogP contribution in [0.2, 0.25) is 0 Å². The second-order valence-corrected chi connectivity index (χ2v) is 5.44. The molecule has 2 amide bonds. The summed E-state index contributed by atoms with van der Waals surface area (Å²) in [6.45, 7) is 2.41. The van der Waals surface area contributed by atoms with Crippen molar-refractivity contribution in [2.24, 2.45) is 5.92 Å². The number of amides is 2. The molecule has 0 aromatic rings. The number of carboxylic acids is 1. The molecule has 98 valence electrons. The number of carbonyl (C=O) groups is 2. The van der Waals surface area contributed by atoms with Gasteiger partial charge in [-0.15, -0.1) is 0 Å². The molecule has 1 aliphatic rings. The molecular weight excluding hydrogens is 240 g/mol. The van der Waals surface area contributed by atoms with E-state index in [9.17, 15) is 9.59 Å². The van der Waals surface area contributed by atoms with Crippen molar-refractivity contribution in [2.45, 2.75) is 25.8 Å². The average Bonchev–Trinajstić information content (AvgIpc) is 2.78. The van der Waals surface area contributed by atoms with Crippen LogP contribution < -0.4 is 5.32 Å². The lowest BCUT2D eigenvalue weighted by atomic mass is 10.1. The van der Waals surface area contributed by atoms with E-state index in [1.54, 1.807) is 6.92 Å². The van der Waals surface area contributed by atoms with Crippen LogP contribution in [0.1, 0.15) is 19.8 Å². The number of urea groups is 1. The van der Waals surface area contributed by atoms with Gasteiger partial charge in [0, 0.05) is 13.6 Å². The third kappa shape index (κ3) is 4.11. The summed E-state index contributed by atoms with van der Waals surface area (Å²) in [4.78, 5) is 23.9. The zero-order chi connectivity index (χ0) is 12.8. The molecule has 0 bridgehead atoms. The maximum Gasteiger partial charge on any atom is 0.326 e. The Kier molecular flexibility index (Phi) is 5.61. The van der Waals surface area contributed by atoms with Crippen molar-refractivity contribution >= 4 is 23.8 Å². The summed E-state index contributed by atoms with van der Waals surface area (Å²) in [6, 6.07) is -1.04. The minimum Gasteiger partial charge on any atom is -0.480 e. The summed E-state index contributed by atoms with van der Waals surface area (Å²) in [5.74, 6) is 1.81. The van der Waals surface area contributed by atoms with Gasteiger partial charge in [-0.05, 0) is 30.3 Å². The van der Waals surface area contributed by atoms with Gasteiger partial charge in [-0.2, -0.15) is 11.8 Å². The van der Waals surface area contributed by atoms with E-state index in [-0.39, 0.29) is 6.03 Å². The van der Waals surface area contributed by atoms with E-state index < -0.39 is 12.0 Å². The highest BCUT2D eigenvalue weighted by molar-refractivity contribution is 7.99. The van der Waals surface area contributed by atoms with Crippen LogP contribution in [0.25, 0.3) is 0 Å². The number of hydrogen-bond acceptors (Lipinski definition) is 3. The molecular formula is C11H20N2O3S. The SMILES string of the molecule is CCC(C(=O)O)N(C)C(=O)NCC1CCSC1. The molecule has 2 atom stereocenters. The molecule has 0 aromatic heterocycles. The van der Waals surface area contributed by atoms with Gasteiger partial charge in [-0.1, -0.05) is 6.92 Å². The second kappa shape index (κ2) is 6.74. The Morgan fingerprint density at radius 2 is 2.29 bits per heavy atom. The van der Waals surface area contributed by atoms with Crippen LogP contribution in [-0.2, 0) is 4.79 Å². The molecule has 6 heteroatoms. The number of aliphatic carboxylic acids is 1. The van der Waals surface area contributed by atoms with Crippen molar-refractivity contribution in [3.05, 3.63) is 0 Å². The number of likely N-dealkylation sites (N-methyl/N-ethyl adjacent to an activating group) is 1. The molecule has 5 nitrogen and oxygen atoms in total. The number of carbonyl (C=O) groups excluding carboxylic acids is 1. The zero-order valence-corrected chi connectivity index (χ0v) is 11.1. The first-order valence-corrected chi connectivity index (χ1v) is 7.03. The van der Waals surface area contributed by atoms with Crippen LogP contribution in [0.4, 0.5) is 4.79 Å². The number of nitrogens with one attached hydrogen (secondary N) is 1. The maximum atomic E-state index is 11.7. The number of carboxylic acid groups (broad SMARTS) is 1. The molecule has 1 heterocycles. The quantitative estimate of drug-likeness (QED) is 0.780. The Hall–Kier alpha value is -0.910. The lowest BCUT2D eigenvalue weighted by molar-refractivity contribution is -0.141. The molecule has 2 unspecified atom stereocenters. The largest absolute Gasteiger partial charge is 0.480 e. The maximum absolute atomic E-state index is 11.7. The fourth-order valence-electron chi connectivity index (χ4n) is 1.86. The number of hydrogen-bond donors (Lipinski definition) is 2. The topological polar surface area (TPSA) is 69.6 Å². The highest BCUT2D eigenvalue weighted by atomic mass is 32.2. The number of thioether (sulfide) groups is 1. The van der Waals surface area contributed by atoms with Gasteiger partial charge in [-0.3, -0.25) is 0 Å². The van der Waals surface area contributed by atoms with Crippen molar-refractivity contribution < 1.29 is 14.7 Å². The summed E-state index contributed by atoms with van der Waals surface area (Å²) in [5.41, 5.74) is 0. The summed E-state index contributed by atoms with van der Waals surface area (Å²) in [7, 11) is 1.53. The van der Waals surface area contributed by atoms with E-state index in [4.69, 9.17) is 5.11 Å². The predicted octanol–water partition coefficient (Wildman–Crippen LogP) is 1.24. The summed E-state index contributed by atoms with van der Waals surface area (Å²) >= 11 is 1.90. The minimum atomic E-state index is -0.957. The Morgan fingerprint density at radius 3 is 2.76 bits per heavy atom. The predicted molar refractivity (Wildman–Crippen MR) is 68.3 cm³/mol. The molecule has 0 spiro atoms. The van der Waals surface area contributed by atoms with Crippen molar-refractivity contribution in [3.63, 3.8) is 0 Å². The van der Waals surface area contributed by atoms with Crippen molar-refractivity contribution in [1.82, 2.24) is 10.2 Å². The van der Waals surface area contributed by atoms with Crippen molar-refractivity contribution in [2.75, 3.05) is 25.1 Å². The van der Waals surface area contributed by atoms with Gasteiger partial charge in [0.2, 0.25) is 0 Å². The summed E-state index contributed by atoms with van der Waals surface area (Å²) < 4.78 is 0. The third-order valence-corrected chi connectivity index (χ3v) is 4.26. The number of nitrogens with zero attached hydrogens (tertiary/aromatic N) is 1. The third-order valence-electron chi connectivity index (χ3n) is 3.03. The van der Waals surface area contributed by atoms with Gasteiger partial charge in [0.25, 0.3) is 0 Å². The highest BCUT2D eigenvalue weighted by Gasteiger charge is 2.25. The molecule has 1 saturated heterocycles. The highest BCUT2D eigenvalue weighted by Crippen LogP contribution is 2.22. The van der Waals surface area contributed by atoms with E-state index >= 15 is 0 Å². The Labute approximate surface area is 106 Å². The summed E-state index contributed by atoms with van der Waals surface area (Å²) in [6.07, 6.45) is 1.54. The van der Waals surface area contributed by atoms with Gasteiger partial charge < -0.3 is 15.3 Å². The summed E-state index contributed by atoms with van der Waals surface area (Å²) in [5, 5.41) is 11.8. The second-order valence-electron chi connectivity index (χ2n) is 4.29. The fraction of sp³-hybridized carbons (Fsp3) is 0.818. The molecule has 1 aliphatic heterocycles. The van der Waals surface area contributed by atoms with E-state index in [0.717, 1.165) is 17.9 Å². The molecule has 0 aromatic carbocycles. The van der Waals surface area contributed by atoms with Gasteiger partial charge in [0.1, 0.15) is 6.04 Å². The van der Waals surface area contributed by atoms with Gasteiger partial charge in [0.05, 0.1) is 0 Å². The van der Waals surface area contributed by atoms with E-state index in [1.807, 2.05) is 11.8 Å². The van der Waals surface area contributed by atoms with Crippen LogP contribution >= 0.6 is 11.8 Å². The molecule has 0 radical (unpaired) electrons. The van der Waals surface area contributed by atoms with Crippen molar-refractivity contribution in [1.29, 1.82) is 0 Å². The lowest BCUT2D eigenvalue weighted by Gasteiger charge is -2.24. The fourth-order valence-corrected chi connectivity index (χ4v) is 3.14. The minimum absolute atomic E-state index is 0.295. The molecule has 17 heavy (non-hydrogen) atoms. The van der Waals surface area contributed by atoms with Gasteiger partial charge in [-0.25, -0.2) is 9.59 Å². The standard InChI is InChI=1S/C11H20N2O3S/c1-3-9(10(14)15)13(2)11(16)12-6-8-4-5-17-7-8/h8-9H,3-7H2,1-2H3,(H,12,16)(H,14,15). The Bertz CT molecular complexity index is 280. The number of rotatable bonds is 5. The monoisotopic (exact) mass is 260 g/mol. The first-order valence-electron chi connectivity index (χ1n) is 5.87. The van der Waals surface area contributed by atoms with Crippen LogP contribution in [0.3, 0.4) is 0 Å². The Morgan fingerprint density at radius 1 is 1.59 bits per heavy atom. The van der Waals surface area contributed by atoms with Crippen LogP contribution in [0.15, 0.2) is 0 Å². The zero-order valence-electron chi connectivity index (χ0n) is 10.3. The van der Waals surface area contributed by atoms with Gasteiger partial charge >= 0.3 is 12.0 Å². The molecule has 2 N–H and O–H groups in total. The lowest BCUT2D eigenvalue weighted by Crippen LogP contribution is -2.47. The van der Waals surface area contributed by atoms with E-state index in [2.05, 4.69) is 5.32 Å². The Balaban J connectivity index is 2.37. The van der Waals surface area contributed by atoms with E-state index in [1.165, 1.54) is 11.9 Å². The van der Waals surface area contributed by atoms with Crippen LogP contribution in [0.5, 0.6) is 0 Å². The molecule has 1 fully saturated rings. The normalized spacial score (nSPS) is 20.9. The van der Waals surface area contributed by atoms with Crippen molar-refractivity contribution in [3.8, 4) is 0 Å². The van der Waals surface area contributed by atoms with Crippen LogP contribution in [0, 0.1) is 5.92 Å². The smallest absolute Gasteiger partial charge is 0.326 e. The van der Waals surface area contributed by atoms with Crippen LogP contribution in [-0.4, -0.2) is 53.1 Å². The average molecular weight is 260 g/mol. The molecule has 0 aliphatic carbocycles. The molecule has 0 saturated carbocycles. The molecule has 1 rings (SSSR count). The first-order chi connectivity index (χ1) is 8.06. The van der Waals surface area contributed by atoms with E-state index in [0.29, 0.717) is 18.9 Å². The van der Waals surface area contributed by atoms with Gasteiger partial charge in [0.15, 0.2) is 0 Å². The first kappa shape index (κ1) is 14.2.